The molecule has 68 valence electrons. The normalized spacial score (nSPS) is 11.9. The van der Waals surface area contributed by atoms with Gasteiger partial charge in [-0.15, -0.1) is 12.3 Å². The van der Waals surface area contributed by atoms with Crippen LogP contribution in [0.5, 0.6) is 0 Å². The number of terminal acetylenes is 1. The number of carbonyl (C=O) groups is 1. The van der Waals surface area contributed by atoms with Crippen LogP contribution in [-0.2, 0) is 4.74 Å². The minimum atomic E-state index is -0.409. The molecule has 0 aliphatic heterocycles. The Morgan fingerprint density at radius 3 is 2.58 bits per heavy atom. The van der Waals surface area contributed by atoms with E-state index in [4.69, 9.17) is 11.2 Å². The van der Waals surface area contributed by atoms with Gasteiger partial charge < -0.3 is 10.1 Å². The molecule has 0 fully saturated rings. The summed E-state index contributed by atoms with van der Waals surface area (Å²) in [6.07, 6.45) is 5.08. The van der Waals surface area contributed by atoms with E-state index in [1.54, 1.807) is 13.8 Å². The lowest BCUT2D eigenvalue weighted by Crippen LogP contribution is -2.34. The van der Waals surface area contributed by atoms with Crippen LogP contribution in [0.2, 0.25) is 0 Å². The second kappa shape index (κ2) is 5.48. The van der Waals surface area contributed by atoms with Crippen molar-refractivity contribution in [2.24, 2.45) is 0 Å². The minimum absolute atomic E-state index is 0.0266. The van der Waals surface area contributed by atoms with E-state index in [9.17, 15) is 4.79 Å². The third-order valence-electron chi connectivity index (χ3n) is 1.13. The summed E-state index contributed by atoms with van der Waals surface area (Å²) >= 11 is 0. The molecule has 0 radical (unpaired) electrons. The molecule has 0 saturated heterocycles. The number of nitrogens with one attached hydrogen (secondary N) is 1. The molecule has 1 amide bonds. The Morgan fingerprint density at radius 2 is 2.17 bits per heavy atom. The van der Waals surface area contributed by atoms with Gasteiger partial charge in [0.1, 0.15) is 0 Å². The van der Waals surface area contributed by atoms with Crippen LogP contribution in [-0.4, -0.2) is 18.2 Å². The minimum Gasteiger partial charge on any atom is -0.447 e. The molecule has 0 aromatic heterocycles. The maximum Gasteiger partial charge on any atom is 0.407 e. The van der Waals surface area contributed by atoms with E-state index >= 15 is 0 Å². The lowest BCUT2D eigenvalue weighted by Gasteiger charge is -2.12. The van der Waals surface area contributed by atoms with Gasteiger partial charge >= 0.3 is 6.09 Å². The highest BCUT2D eigenvalue weighted by Crippen LogP contribution is 1.92. The highest BCUT2D eigenvalue weighted by molar-refractivity contribution is 5.67. The SMILES string of the molecule is C#CCC(C)NC(=O)OC(C)C. The molecule has 0 rings (SSSR count). The van der Waals surface area contributed by atoms with Gasteiger partial charge in [-0.2, -0.15) is 0 Å². The fraction of sp³-hybridized carbons (Fsp3) is 0.667. The van der Waals surface area contributed by atoms with Gasteiger partial charge in [0, 0.05) is 12.5 Å². The topological polar surface area (TPSA) is 38.3 Å². The average Bonchev–Trinajstić information content (AvgIpc) is 1.84. The zero-order valence-electron chi connectivity index (χ0n) is 7.76. The maximum absolute atomic E-state index is 10.9. The molecule has 0 aromatic carbocycles. The number of rotatable bonds is 3. The highest BCUT2D eigenvalue weighted by atomic mass is 16.6. The molecule has 1 atom stereocenters. The van der Waals surface area contributed by atoms with Gasteiger partial charge in [-0.3, -0.25) is 0 Å². The number of hydrogen-bond donors (Lipinski definition) is 1. The first-order valence-electron chi connectivity index (χ1n) is 3.97. The lowest BCUT2D eigenvalue weighted by molar-refractivity contribution is 0.113. The van der Waals surface area contributed by atoms with Crippen molar-refractivity contribution in [2.45, 2.75) is 39.3 Å². The summed E-state index contributed by atoms with van der Waals surface area (Å²) in [5, 5.41) is 2.61. The molecule has 0 aliphatic carbocycles. The van der Waals surface area contributed by atoms with Gasteiger partial charge in [-0.25, -0.2) is 4.79 Å². The number of ether oxygens (including phenoxy) is 1. The molecule has 0 bridgehead atoms. The molecular weight excluding hydrogens is 154 g/mol. The summed E-state index contributed by atoms with van der Waals surface area (Å²) in [7, 11) is 0. The van der Waals surface area contributed by atoms with Gasteiger partial charge in [0.05, 0.1) is 6.10 Å². The molecule has 1 N–H and O–H groups in total. The summed E-state index contributed by atoms with van der Waals surface area (Å²) in [6, 6.07) is -0.0266. The van der Waals surface area contributed by atoms with Crippen LogP contribution in [0, 0.1) is 12.3 Å². The Bertz CT molecular complexity index is 181. The van der Waals surface area contributed by atoms with Crippen molar-refractivity contribution >= 4 is 6.09 Å². The number of amides is 1. The largest absolute Gasteiger partial charge is 0.447 e. The Balaban J connectivity index is 3.63. The molecular formula is C9H15NO2. The third kappa shape index (κ3) is 5.60. The van der Waals surface area contributed by atoms with Crippen LogP contribution in [0.15, 0.2) is 0 Å². The Morgan fingerprint density at radius 1 is 1.58 bits per heavy atom. The van der Waals surface area contributed by atoms with Gasteiger partial charge in [0.2, 0.25) is 0 Å². The van der Waals surface area contributed by atoms with Crippen molar-refractivity contribution in [2.75, 3.05) is 0 Å². The zero-order chi connectivity index (χ0) is 9.56. The Hall–Kier alpha value is -1.17. The summed E-state index contributed by atoms with van der Waals surface area (Å²) in [5.41, 5.74) is 0. The molecule has 3 nitrogen and oxygen atoms in total. The molecule has 12 heavy (non-hydrogen) atoms. The quantitative estimate of drug-likeness (QED) is 0.651. The highest BCUT2D eigenvalue weighted by Gasteiger charge is 2.07. The molecule has 0 saturated carbocycles. The van der Waals surface area contributed by atoms with Crippen LogP contribution in [0.4, 0.5) is 4.79 Å². The Labute approximate surface area is 73.5 Å². The fourth-order valence-corrected chi connectivity index (χ4v) is 0.677. The molecule has 3 heteroatoms. The van der Waals surface area contributed by atoms with E-state index in [2.05, 4.69) is 11.2 Å². The van der Waals surface area contributed by atoms with Crippen LogP contribution in [0.1, 0.15) is 27.2 Å². The first-order chi connectivity index (χ1) is 5.56. The predicted octanol–water partition coefficient (Wildman–Crippen LogP) is 1.53. The number of hydrogen-bond acceptors (Lipinski definition) is 2. The van der Waals surface area contributed by atoms with Crippen molar-refractivity contribution in [1.82, 2.24) is 5.32 Å². The van der Waals surface area contributed by atoms with Gasteiger partial charge in [0.25, 0.3) is 0 Å². The molecule has 1 unspecified atom stereocenters. The first-order valence-corrected chi connectivity index (χ1v) is 3.97. The second-order valence-electron chi connectivity index (χ2n) is 2.91. The van der Waals surface area contributed by atoms with Gasteiger partial charge in [-0.05, 0) is 20.8 Å². The van der Waals surface area contributed by atoms with Crippen molar-refractivity contribution in [3.05, 3.63) is 0 Å². The summed E-state index contributed by atoms with van der Waals surface area (Å²) < 4.78 is 4.85. The van der Waals surface area contributed by atoms with Gasteiger partial charge in [0.15, 0.2) is 0 Å². The lowest BCUT2D eigenvalue weighted by atomic mass is 10.2. The van der Waals surface area contributed by atoms with E-state index in [0.29, 0.717) is 6.42 Å². The van der Waals surface area contributed by atoms with E-state index in [1.165, 1.54) is 0 Å². The monoisotopic (exact) mass is 169 g/mol. The smallest absolute Gasteiger partial charge is 0.407 e. The molecule has 0 heterocycles. The number of carbonyl (C=O) groups excluding carboxylic acids is 1. The second-order valence-corrected chi connectivity index (χ2v) is 2.91. The molecule has 0 spiro atoms. The Kier molecular flexibility index (Phi) is 4.94. The standard InChI is InChI=1S/C9H15NO2/c1-5-6-8(4)10-9(11)12-7(2)3/h1,7-8H,6H2,2-4H3,(H,10,11). The van der Waals surface area contributed by atoms with Crippen molar-refractivity contribution < 1.29 is 9.53 Å². The van der Waals surface area contributed by atoms with E-state index in [0.717, 1.165) is 0 Å². The van der Waals surface area contributed by atoms with Crippen molar-refractivity contribution in [3.63, 3.8) is 0 Å². The first kappa shape index (κ1) is 10.8. The van der Waals surface area contributed by atoms with E-state index in [1.807, 2.05) is 6.92 Å². The third-order valence-corrected chi connectivity index (χ3v) is 1.13. The average molecular weight is 169 g/mol. The predicted molar refractivity (Wildman–Crippen MR) is 47.7 cm³/mol. The summed E-state index contributed by atoms with van der Waals surface area (Å²) in [6.45, 7) is 5.43. The van der Waals surface area contributed by atoms with E-state index in [-0.39, 0.29) is 12.1 Å². The molecule has 0 aromatic rings. The van der Waals surface area contributed by atoms with Crippen molar-refractivity contribution in [3.8, 4) is 12.3 Å². The summed E-state index contributed by atoms with van der Waals surface area (Å²) in [4.78, 5) is 10.9. The van der Waals surface area contributed by atoms with Crippen LogP contribution in [0.3, 0.4) is 0 Å². The van der Waals surface area contributed by atoms with Crippen LogP contribution < -0.4 is 5.32 Å². The fourth-order valence-electron chi connectivity index (χ4n) is 0.677. The van der Waals surface area contributed by atoms with Crippen molar-refractivity contribution in [1.29, 1.82) is 0 Å². The number of alkyl carbamates (subject to hydrolysis) is 1. The molecule has 0 aliphatic rings. The van der Waals surface area contributed by atoms with E-state index < -0.39 is 6.09 Å². The zero-order valence-corrected chi connectivity index (χ0v) is 7.76. The van der Waals surface area contributed by atoms with Crippen LogP contribution >= 0.6 is 0 Å². The summed E-state index contributed by atoms with van der Waals surface area (Å²) in [5.74, 6) is 2.46. The van der Waals surface area contributed by atoms with Crippen LogP contribution in [0.25, 0.3) is 0 Å². The van der Waals surface area contributed by atoms with Gasteiger partial charge in [-0.1, -0.05) is 0 Å². The maximum atomic E-state index is 10.9.